The van der Waals surface area contributed by atoms with Gasteiger partial charge in [-0.1, -0.05) is 18.2 Å². The van der Waals surface area contributed by atoms with E-state index in [0.717, 1.165) is 43.8 Å². The maximum atomic E-state index is 12.2. The van der Waals surface area contributed by atoms with Crippen molar-refractivity contribution in [2.45, 2.75) is 38.3 Å². The highest BCUT2D eigenvalue weighted by molar-refractivity contribution is 5.85. The van der Waals surface area contributed by atoms with Gasteiger partial charge in [-0.15, -0.1) is 12.4 Å². The summed E-state index contributed by atoms with van der Waals surface area (Å²) in [6, 6.07) is 10.3. The standard InChI is InChI=1S/C19H24N4O2.ClH/c24-19(11-14-13-25-10-9-20-14)21-12-17-16-7-4-8-18(16)23(22-17)15-5-2-1-3-6-15;/h1-3,5-6,14,20H,4,7-13H2,(H,21,24);1H. The molecular formula is C19H25ClN4O2. The number of amides is 1. The number of nitrogens with zero attached hydrogens (tertiary/aromatic N) is 2. The molecule has 0 bridgehead atoms. The largest absolute Gasteiger partial charge is 0.378 e. The van der Waals surface area contributed by atoms with E-state index in [4.69, 9.17) is 9.84 Å². The summed E-state index contributed by atoms with van der Waals surface area (Å²) >= 11 is 0. The topological polar surface area (TPSA) is 68.2 Å². The highest BCUT2D eigenvalue weighted by atomic mass is 35.5. The molecular weight excluding hydrogens is 352 g/mol. The predicted octanol–water partition coefficient (Wildman–Crippen LogP) is 1.78. The van der Waals surface area contributed by atoms with Crippen LogP contribution in [0.2, 0.25) is 0 Å². The van der Waals surface area contributed by atoms with Crippen LogP contribution in [-0.4, -0.2) is 41.5 Å². The number of halogens is 1. The summed E-state index contributed by atoms with van der Waals surface area (Å²) in [4.78, 5) is 12.2. The number of carbonyl (C=O) groups is 1. The zero-order valence-electron chi connectivity index (χ0n) is 14.7. The monoisotopic (exact) mass is 376 g/mol. The van der Waals surface area contributed by atoms with Crippen LogP contribution >= 0.6 is 12.4 Å². The third kappa shape index (κ3) is 4.09. The lowest BCUT2D eigenvalue weighted by atomic mass is 10.1. The third-order valence-corrected chi connectivity index (χ3v) is 4.90. The minimum absolute atomic E-state index is 0. The van der Waals surface area contributed by atoms with Crippen LogP contribution in [0.5, 0.6) is 0 Å². The smallest absolute Gasteiger partial charge is 0.221 e. The van der Waals surface area contributed by atoms with Gasteiger partial charge in [0.05, 0.1) is 31.1 Å². The number of morpholine rings is 1. The van der Waals surface area contributed by atoms with Gasteiger partial charge in [-0.25, -0.2) is 4.68 Å². The molecule has 2 aliphatic rings. The normalized spacial score (nSPS) is 18.8. The van der Waals surface area contributed by atoms with Crippen molar-refractivity contribution in [3.63, 3.8) is 0 Å². The second-order valence-corrected chi connectivity index (χ2v) is 6.68. The second-order valence-electron chi connectivity index (χ2n) is 6.68. The predicted molar refractivity (Wildman–Crippen MR) is 102 cm³/mol. The van der Waals surface area contributed by atoms with Gasteiger partial charge < -0.3 is 15.4 Å². The van der Waals surface area contributed by atoms with Crippen molar-refractivity contribution in [2.24, 2.45) is 0 Å². The Morgan fingerprint density at radius 2 is 2.15 bits per heavy atom. The van der Waals surface area contributed by atoms with E-state index in [9.17, 15) is 4.79 Å². The molecule has 4 rings (SSSR count). The quantitative estimate of drug-likeness (QED) is 0.834. The van der Waals surface area contributed by atoms with Gasteiger partial charge in [0.15, 0.2) is 0 Å². The Kier molecular flexibility index (Phi) is 6.29. The van der Waals surface area contributed by atoms with E-state index in [1.807, 2.05) is 22.9 Å². The maximum absolute atomic E-state index is 12.2. The molecule has 1 aromatic carbocycles. The molecule has 26 heavy (non-hydrogen) atoms. The molecule has 7 heteroatoms. The Bertz CT molecular complexity index is 741. The highest BCUT2D eigenvalue weighted by Crippen LogP contribution is 2.27. The Labute approximate surface area is 159 Å². The molecule has 1 atom stereocenters. The summed E-state index contributed by atoms with van der Waals surface area (Å²) in [5.74, 6) is 0.0454. The van der Waals surface area contributed by atoms with Gasteiger partial charge in [0.1, 0.15) is 0 Å². The first kappa shape index (κ1) is 18.9. The summed E-state index contributed by atoms with van der Waals surface area (Å²) in [5.41, 5.74) is 4.68. The Balaban J connectivity index is 0.00000196. The van der Waals surface area contributed by atoms with Gasteiger partial charge in [0.25, 0.3) is 0 Å². The minimum atomic E-state index is 0. The van der Waals surface area contributed by atoms with Crippen LogP contribution in [0.1, 0.15) is 29.8 Å². The average molecular weight is 377 g/mol. The number of nitrogens with one attached hydrogen (secondary N) is 2. The summed E-state index contributed by atoms with van der Waals surface area (Å²) in [6.45, 7) is 2.63. The molecule has 0 radical (unpaired) electrons. The van der Waals surface area contributed by atoms with Crippen LogP contribution in [0.4, 0.5) is 0 Å². The van der Waals surface area contributed by atoms with Crippen LogP contribution in [0.3, 0.4) is 0 Å². The Morgan fingerprint density at radius 3 is 2.92 bits per heavy atom. The number of benzene rings is 1. The minimum Gasteiger partial charge on any atom is -0.378 e. The number of rotatable bonds is 5. The van der Waals surface area contributed by atoms with Crippen LogP contribution in [0.15, 0.2) is 30.3 Å². The van der Waals surface area contributed by atoms with E-state index in [0.29, 0.717) is 19.6 Å². The fourth-order valence-corrected chi connectivity index (χ4v) is 3.67. The fourth-order valence-electron chi connectivity index (χ4n) is 3.67. The van der Waals surface area contributed by atoms with E-state index < -0.39 is 0 Å². The molecule has 1 amide bonds. The van der Waals surface area contributed by atoms with Gasteiger partial charge in [0, 0.05) is 24.7 Å². The number of para-hydroxylation sites is 1. The van der Waals surface area contributed by atoms with E-state index in [2.05, 4.69) is 22.8 Å². The highest BCUT2D eigenvalue weighted by Gasteiger charge is 2.23. The molecule has 2 aromatic rings. The molecule has 1 saturated heterocycles. The molecule has 6 nitrogen and oxygen atoms in total. The van der Waals surface area contributed by atoms with Crippen LogP contribution < -0.4 is 10.6 Å². The zero-order chi connectivity index (χ0) is 17.1. The number of carbonyl (C=O) groups excluding carboxylic acids is 1. The van der Waals surface area contributed by atoms with Crippen molar-refractivity contribution in [2.75, 3.05) is 19.8 Å². The summed E-state index contributed by atoms with van der Waals surface area (Å²) in [5, 5.41) is 11.1. The number of fused-ring (bicyclic) bond motifs is 1. The molecule has 0 spiro atoms. The zero-order valence-corrected chi connectivity index (χ0v) is 15.6. The third-order valence-electron chi connectivity index (χ3n) is 4.90. The average Bonchev–Trinajstić information content (AvgIpc) is 3.24. The second kappa shape index (κ2) is 8.66. The first-order valence-electron chi connectivity index (χ1n) is 9.04. The van der Waals surface area contributed by atoms with Crippen LogP contribution in [-0.2, 0) is 28.9 Å². The Hall–Kier alpha value is -1.89. The van der Waals surface area contributed by atoms with Crippen molar-refractivity contribution >= 4 is 18.3 Å². The van der Waals surface area contributed by atoms with Crippen molar-refractivity contribution in [3.8, 4) is 5.69 Å². The number of aromatic nitrogens is 2. The van der Waals surface area contributed by atoms with E-state index in [-0.39, 0.29) is 24.4 Å². The molecule has 1 aliphatic carbocycles. The first-order valence-corrected chi connectivity index (χ1v) is 9.04. The van der Waals surface area contributed by atoms with E-state index in [1.54, 1.807) is 0 Å². The van der Waals surface area contributed by atoms with Crippen molar-refractivity contribution in [1.82, 2.24) is 20.4 Å². The van der Waals surface area contributed by atoms with E-state index >= 15 is 0 Å². The van der Waals surface area contributed by atoms with Gasteiger partial charge in [0.2, 0.25) is 5.91 Å². The van der Waals surface area contributed by atoms with Crippen molar-refractivity contribution in [3.05, 3.63) is 47.3 Å². The molecule has 1 aliphatic heterocycles. The SMILES string of the molecule is Cl.O=C(CC1COCCN1)NCc1nn(-c2ccccc2)c2c1CCC2. The van der Waals surface area contributed by atoms with Gasteiger partial charge in [-0.3, -0.25) is 4.79 Å². The molecule has 0 saturated carbocycles. The number of hydrogen-bond acceptors (Lipinski definition) is 4. The molecule has 1 unspecified atom stereocenters. The van der Waals surface area contributed by atoms with Crippen LogP contribution in [0.25, 0.3) is 5.69 Å². The summed E-state index contributed by atoms with van der Waals surface area (Å²) in [6.07, 6.45) is 3.70. The molecule has 2 heterocycles. The molecule has 1 fully saturated rings. The van der Waals surface area contributed by atoms with Crippen molar-refractivity contribution < 1.29 is 9.53 Å². The summed E-state index contributed by atoms with van der Waals surface area (Å²) in [7, 11) is 0. The molecule has 1 aromatic heterocycles. The van der Waals surface area contributed by atoms with Gasteiger partial charge >= 0.3 is 0 Å². The Morgan fingerprint density at radius 1 is 1.31 bits per heavy atom. The van der Waals surface area contributed by atoms with Crippen molar-refractivity contribution in [1.29, 1.82) is 0 Å². The van der Waals surface area contributed by atoms with Gasteiger partial charge in [-0.2, -0.15) is 5.10 Å². The number of hydrogen-bond donors (Lipinski definition) is 2. The lowest BCUT2D eigenvalue weighted by Crippen LogP contribution is -2.44. The lowest BCUT2D eigenvalue weighted by molar-refractivity contribution is -0.122. The van der Waals surface area contributed by atoms with Gasteiger partial charge in [-0.05, 0) is 37.0 Å². The first-order chi connectivity index (χ1) is 12.3. The molecule has 140 valence electrons. The number of ether oxygens (including phenoxy) is 1. The lowest BCUT2D eigenvalue weighted by Gasteiger charge is -2.23. The maximum Gasteiger partial charge on any atom is 0.221 e. The summed E-state index contributed by atoms with van der Waals surface area (Å²) < 4.78 is 7.44. The molecule has 2 N–H and O–H groups in total. The van der Waals surface area contributed by atoms with E-state index in [1.165, 1.54) is 11.3 Å². The van der Waals surface area contributed by atoms with Crippen LogP contribution in [0, 0.1) is 0 Å². The fraction of sp³-hybridized carbons (Fsp3) is 0.474.